The molecule has 2 atom stereocenters. The van der Waals surface area contributed by atoms with Gasteiger partial charge in [-0.25, -0.2) is 4.98 Å². The highest BCUT2D eigenvalue weighted by molar-refractivity contribution is 7.14. The van der Waals surface area contributed by atoms with Crippen LogP contribution in [-0.2, 0) is 11.3 Å². The predicted molar refractivity (Wildman–Crippen MR) is 85.6 cm³/mol. The molecule has 0 aromatic carbocycles. The van der Waals surface area contributed by atoms with Crippen molar-refractivity contribution in [3.8, 4) is 0 Å². The molecule has 2 saturated heterocycles. The standard InChI is InChI=1S/C15H24N4OS/c1-3-19(11(2)20)15-17-14(10-21-15)9-18-5-4-12-6-16-7-13(12)8-18/h10,12-13,16H,3-9H2,1-2H3. The van der Waals surface area contributed by atoms with Crippen LogP contribution >= 0.6 is 11.3 Å². The summed E-state index contributed by atoms with van der Waals surface area (Å²) in [6.07, 6.45) is 1.29. The Kier molecular flexibility index (Phi) is 4.57. The summed E-state index contributed by atoms with van der Waals surface area (Å²) in [6.45, 7) is 9.88. The van der Waals surface area contributed by atoms with Gasteiger partial charge in [-0.05, 0) is 44.8 Å². The zero-order valence-electron chi connectivity index (χ0n) is 12.8. The van der Waals surface area contributed by atoms with E-state index in [1.165, 1.54) is 26.1 Å². The number of thiazole rings is 1. The second-order valence-electron chi connectivity index (χ2n) is 6.09. The number of hydrogen-bond donors (Lipinski definition) is 1. The van der Waals surface area contributed by atoms with Gasteiger partial charge in [0.15, 0.2) is 5.13 Å². The molecular formula is C15H24N4OS. The molecule has 0 spiro atoms. The molecule has 5 nitrogen and oxygen atoms in total. The van der Waals surface area contributed by atoms with E-state index in [9.17, 15) is 4.79 Å². The summed E-state index contributed by atoms with van der Waals surface area (Å²) in [5.41, 5.74) is 1.10. The molecule has 2 aliphatic rings. The highest BCUT2D eigenvalue weighted by Crippen LogP contribution is 2.28. The Morgan fingerprint density at radius 2 is 2.33 bits per heavy atom. The van der Waals surface area contributed by atoms with E-state index >= 15 is 0 Å². The molecule has 1 amide bonds. The molecule has 116 valence electrons. The van der Waals surface area contributed by atoms with Crippen molar-refractivity contribution in [2.24, 2.45) is 11.8 Å². The number of anilines is 1. The predicted octanol–water partition coefficient (Wildman–Crippen LogP) is 1.56. The van der Waals surface area contributed by atoms with E-state index in [0.29, 0.717) is 6.54 Å². The fraction of sp³-hybridized carbons (Fsp3) is 0.733. The molecule has 0 bridgehead atoms. The lowest BCUT2D eigenvalue weighted by Gasteiger charge is -2.33. The van der Waals surface area contributed by atoms with Crippen LogP contribution < -0.4 is 10.2 Å². The van der Waals surface area contributed by atoms with Gasteiger partial charge in [-0.1, -0.05) is 0 Å². The number of nitrogens with one attached hydrogen (secondary N) is 1. The fourth-order valence-electron chi connectivity index (χ4n) is 3.47. The first-order valence-electron chi connectivity index (χ1n) is 7.83. The Labute approximate surface area is 130 Å². The second-order valence-corrected chi connectivity index (χ2v) is 6.92. The Balaban J connectivity index is 1.60. The van der Waals surface area contributed by atoms with Gasteiger partial charge < -0.3 is 5.32 Å². The van der Waals surface area contributed by atoms with Crippen LogP contribution in [0, 0.1) is 11.8 Å². The van der Waals surface area contributed by atoms with Gasteiger partial charge in [-0.3, -0.25) is 14.6 Å². The molecule has 1 aromatic heterocycles. The van der Waals surface area contributed by atoms with Gasteiger partial charge in [0, 0.05) is 31.9 Å². The molecule has 6 heteroatoms. The minimum Gasteiger partial charge on any atom is -0.316 e. The molecule has 2 unspecified atom stereocenters. The third kappa shape index (κ3) is 3.27. The smallest absolute Gasteiger partial charge is 0.225 e. The number of carbonyl (C=O) groups is 1. The Morgan fingerprint density at radius 3 is 3.10 bits per heavy atom. The fourth-order valence-corrected chi connectivity index (χ4v) is 4.39. The number of piperidine rings is 1. The number of likely N-dealkylation sites (tertiary alicyclic amines) is 1. The molecule has 0 radical (unpaired) electrons. The SMILES string of the molecule is CCN(C(C)=O)c1nc(CN2CCC3CNCC3C2)cs1. The number of carbonyl (C=O) groups excluding carboxylic acids is 1. The Hall–Kier alpha value is -0.980. The minimum absolute atomic E-state index is 0.0660. The number of rotatable bonds is 4. The average molecular weight is 308 g/mol. The summed E-state index contributed by atoms with van der Waals surface area (Å²) in [4.78, 5) is 20.5. The Bertz CT molecular complexity index is 504. The summed E-state index contributed by atoms with van der Waals surface area (Å²) in [5.74, 6) is 1.75. The van der Waals surface area contributed by atoms with Crippen molar-refractivity contribution in [1.82, 2.24) is 15.2 Å². The van der Waals surface area contributed by atoms with Crippen molar-refractivity contribution in [2.75, 3.05) is 37.6 Å². The van der Waals surface area contributed by atoms with Crippen LogP contribution in [0.15, 0.2) is 5.38 Å². The lowest BCUT2D eigenvalue weighted by molar-refractivity contribution is -0.116. The molecule has 0 saturated carbocycles. The topological polar surface area (TPSA) is 48.5 Å². The first-order chi connectivity index (χ1) is 10.2. The zero-order valence-corrected chi connectivity index (χ0v) is 13.7. The van der Waals surface area contributed by atoms with Crippen LogP contribution in [0.1, 0.15) is 26.0 Å². The number of amides is 1. The van der Waals surface area contributed by atoms with Gasteiger partial charge in [0.05, 0.1) is 5.69 Å². The summed E-state index contributed by atoms with van der Waals surface area (Å²) < 4.78 is 0. The summed E-state index contributed by atoms with van der Waals surface area (Å²) in [5, 5.41) is 6.43. The lowest BCUT2D eigenvalue weighted by Crippen LogP contribution is -2.39. The minimum atomic E-state index is 0.0660. The summed E-state index contributed by atoms with van der Waals surface area (Å²) in [6, 6.07) is 0. The molecule has 2 fully saturated rings. The highest BCUT2D eigenvalue weighted by atomic mass is 32.1. The van der Waals surface area contributed by atoms with Crippen molar-refractivity contribution in [3.63, 3.8) is 0 Å². The molecule has 21 heavy (non-hydrogen) atoms. The maximum atomic E-state index is 11.6. The molecule has 1 N–H and O–H groups in total. The molecule has 3 heterocycles. The van der Waals surface area contributed by atoms with Gasteiger partial charge in [0.25, 0.3) is 0 Å². The van der Waals surface area contributed by atoms with E-state index in [-0.39, 0.29) is 5.91 Å². The van der Waals surface area contributed by atoms with Gasteiger partial charge >= 0.3 is 0 Å². The van der Waals surface area contributed by atoms with Gasteiger partial charge in [0.2, 0.25) is 5.91 Å². The number of nitrogens with zero attached hydrogens (tertiary/aromatic N) is 3. The van der Waals surface area contributed by atoms with E-state index in [1.54, 1.807) is 23.2 Å². The average Bonchev–Trinajstić information content (AvgIpc) is 3.08. The van der Waals surface area contributed by atoms with Crippen LogP contribution in [0.25, 0.3) is 0 Å². The highest BCUT2D eigenvalue weighted by Gasteiger charge is 2.32. The maximum Gasteiger partial charge on any atom is 0.225 e. The van der Waals surface area contributed by atoms with E-state index in [2.05, 4.69) is 20.6 Å². The van der Waals surface area contributed by atoms with Gasteiger partial charge in [-0.2, -0.15) is 0 Å². The van der Waals surface area contributed by atoms with Crippen LogP contribution in [0.4, 0.5) is 5.13 Å². The second kappa shape index (κ2) is 6.42. The van der Waals surface area contributed by atoms with Crippen LogP contribution in [0.2, 0.25) is 0 Å². The quantitative estimate of drug-likeness (QED) is 0.917. The number of hydrogen-bond acceptors (Lipinski definition) is 5. The van der Waals surface area contributed by atoms with Crippen molar-refractivity contribution in [3.05, 3.63) is 11.1 Å². The summed E-state index contributed by atoms with van der Waals surface area (Å²) >= 11 is 1.57. The van der Waals surface area contributed by atoms with E-state index < -0.39 is 0 Å². The monoisotopic (exact) mass is 308 g/mol. The van der Waals surface area contributed by atoms with E-state index in [1.807, 2.05) is 6.92 Å². The van der Waals surface area contributed by atoms with Crippen molar-refractivity contribution in [2.45, 2.75) is 26.8 Å². The van der Waals surface area contributed by atoms with Crippen LogP contribution in [0.3, 0.4) is 0 Å². The molecule has 3 rings (SSSR count). The van der Waals surface area contributed by atoms with E-state index in [0.717, 1.165) is 35.8 Å². The number of fused-ring (bicyclic) bond motifs is 1. The molecule has 0 aliphatic carbocycles. The first-order valence-corrected chi connectivity index (χ1v) is 8.71. The maximum absolute atomic E-state index is 11.6. The van der Waals surface area contributed by atoms with Crippen molar-refractivity contribution >= 4 is 22.4 Å². The molecule has 2 aliphatic heterocycles. The third-order valence-electron chi connectivity index (χ3n) is 4.64. The first kappa shape index (κ1) is 14.9. The normalized spacial score (nSPS) is 25.8. The molecule has 1 aromatic rings. The van der Waals surface area contributed by atoms with Gasteiger partial charge in [-0.15, -0.1) is 11.3 Å². The van der Waals surface area contributed by atoms with Crippen LogP contribution in [0.5, 0.6) is 0 Å². The van der Waals surface area contributed by atoms with Crippen molar-refractivity contribution in [1.29, 1.82) is 0 Å². The van der Waals surface area contributed by atoms with Crippen molar-refractivity contribution < 1.29 is 4.79 Å². The third-order valence-corrected chi connectivity index (χ3v) is 5.55. The molecular weight excluding hydrogens is 284 g/mol. The van der Waals surface area contributed by atoms with E-state index in [4.69, 9.17) is 0 Å². The zero-order chi connectivity index (χ0) is 14.8. The van der Waals surface area contributed by atoms with Gasteiger partial charge in [0.1, 0.15) is 0 Å². The lowest BCUT2D eigenvalue weighted by atomic mass is 9.89. The Morgan fingerprint density at radius 1 is 1.52 bits per heavy atom. The number of aromatic nitrogens is 1. The summed E-state index contributed by atoms with van der Waals surface area (Å²) in [7, 11) is 0. The van der Waals surface area contributed by atoms with Crippen LogP contribution in [-0.4, -0.2) is 48.5 Å². The largest absolute Gasteiger partial charge is 0.316 e.